The molecule has 0 spiro atoms. The molecule has 0 aromatic carbocycles. The third-order valence-corrected chi connectivity index (χ3v) is 1.62. The second-order valence-electron chi connectivity index (χ2n) is 2.18. The third-order valence-electron chi connectivity index (χ3n) is 1.36. The van der Waals surface area contributed by atoms with Crippen LogP contribution < -0.4 is 10.5 Å². The highest BCUT2D eigenvalue weighted by atomic mass is 35.5. The second kappa shape index (κ2) is 3.57. The van der Waals surface area contributed by atoms with Crippen LogP contribution in [0.25, 0.3) is 0 Å². The van der Waals surface area contributed by atoms with E-state index in [4.69, 9.17) is 17.3 Å². The van der Waals surface area contributed by atoms with Gasteiger partial charge in [0, 0.05) is 0 Å². The normalized spacial score (nSPS) is 9.77. The molecule has 0 unspecified atom stereocenters. The molecule has 0 aliphatic rings. The number of pyridine rings is 1. The highest BCUT2D eigenvalue weighted by Gasteiger charge is 2.14. The van der Waals surface area contributed by atoms with E-state index in [1.165, 1.54) is 7.11 Å². The Balaban J connectivity index is 3.33. The Morgan fingerprint density at radius 2 is 2.38 bits per heavy atom. The summed E-state index contributed by atoms with van der Waals surface area (Å²) in [4.78, 5) is 14.2. The number of hydrogen-bond acceptors (Lipinski definition) is 3. The molecular weight excluding hydrogens is 199 g/mol. The molecule has 0 atom stereocenters. The number of carbonyl (C=O) groups excluding carboxylic acids is 1. The molecule has 2 N–H and O–H groups in total. The van der Waals surface area contributed by atoms with E-state index in [1.54, 1.807) is 0 Å². The number of nitrogens with two attached hydrogens (primary N) is 1. The first-order valence-corrected chi connectivity index (χ1v) is 3.64. The molecule has 0 aliphatic heterocycles. The Morgan fingerprint density at radius 1 is 1.77 bits per heavy atom. The summed E-state index contributed by atoms with van der Waals surface area (Å²) in [6, 6.07) is 0.885. The maximum atomic E-state index is 12.8. The van der Waals surface area contributed by atoms with E-state index in [0.717, 1.165) is 6.07 Å². The molecule has 70 valence electrons. The van der Waals surface area contributed by atoms with E-state index in [-0.39, 0.29) is 16.6 Å². The quantitative estimate of drug-likeness (QED) is 0.731. The Morgan fingerprint density at radius 3 is 2.85 bits per heavy atom. The molecule has 13 heavy (non-hydrogen) atoms. The summed E-state index contributed by atoms with van der Waals surface area (Å²) in [6.07, 6.45) is 0. The zero-order chi connectivity index (χ0) is 10.0. The number of primary amides is 1. The molecule has 1 amide bonds. The van der Waals surface area contributed by atoms with Crippen molar-refractivity contribution in [2.45, 2.75) is 0 Å². The maximum absolute atomic E-state index is 12.8. The Bertz CT molecular complexity index is 357. The first-order valence-electron chi connectivity index (χ1n) is 3.26. The fourth-order valence-electron chi connectivity index (χ4n) is 0.783. The van der Waals surface area contributed by atoms with Gasteiger partial charge in [0.1, 0.15) is 5.56 Å². The monoisotopic (exact) mass is 204 g/mol. The van der Waals surface area contributed by atoms with Gasteiger partial charge in [-0.05, 0) is 6.07 Å². The molecule has 1 heterocycles. The molecular formula is C7H6ClFN2O2. The SMILES string of the molecule is COc1nc(Cl)c(F)cc1C(N)=O. The van der Waals surface area contributed by atoms with Crippen LogP contribution >= 0.6 is 11.6 Å². The Labute approximate surface area is 78.5 Å². The van der Waals surface area contributed by atoms with Crippen LogP contribution in [0, 0.1) is 5.82 Å². The number of amides is 1. The molecule has 0 saturated carbocycles. The molecule has 0 saturated heterocycles. The van der Waals surface area contributed by atoms with Crippen LogP contribution in [0.5, 0.6) is 5.88 Å². The second-order valence-corrected chi connectivity index (χ2v) is 2.54. The van der Waals surface area contributed by atoms with Gasteiger partial charge in [-0.2, -0.15) is 4.98 Å². The molecule has 1 aromatic heterocycles. The van der Waals surface area contributed by atoms with Crippen LogP contribution in [-0.2, 0) is 0 Å². The van der Waals surface area contributed by atoms with Crippen molar-refractivity contribution in [3.8, 4) is 5.88 Å². The van der Waals surface area contributed by atoms with Gasteiger partial charge in [-0.1, -0.05) is 11.6 Å². The average Bonchev–Trinajstić information content (AvgIpc) is 2.08. The highest BCUT2D eigenvalue weighted by molar-refractivity contribution is 6.29. The van der Waals surface area contributed by atoms with E-state index in [9.17, 15) is 9.18 Å². The van der Waals surface area contributed by atoms with E-state index in [0.29, 0.717) is 0 Å². The number of halogens is 2. The van der Waals surface area contributed by atoms with Crippen LogP contribution in [-0.4, -0.2) is 18.0 Å². The van der Waals surface area contributed by atoms with Crippen molar-refractivity contribution < 1.29 is 13.9 Å². The molecule has 4 nitrogen and oxygen atoms in total. The third kappa shape index (κ3) is 1.86. The first kappa shape index (κ1) is 9.73. The number of ether oxygens (including phenoxy) is 1. The van der Waals surface area contributed by atoms with Crippen molar-refractivity contribution in [2.24, 2.45) is 5.73 Å². The van der Waals surface area contributed by atoms with Gasteiger partial charge in [0.15, 0.2) is 11.0 Å². The summed E-state index contributed by atoms with van der Waals surface area (Å²) in [5.74, 6) is -1.71. The lowest BCUT2D eigenvalue weighted by atomic mass is 10.2. The molecule has 0 bridgehead atoms. The summed E-state index contributed by atoms with van der Waals surface area (Å²) in [5.41, 5.74) is 4.81. The average molecular weight is 205 g/mol. The predicted octanol–water partition coefficient (Wildman–Crippen LogP) is 0.982. The van der Waals surface area contributed by atoms with E-state index < -0.39 is 11.7 Å². The van der Waals surface area contributed by atoms with Crippen molar-refractivity contribution in [2.75, 3.05) is 7.11 Å². The summed E-state index contributed by atoms with van der Waals surface area (Å²) in [7, 11) is 1.28. The first-order chi connectivity index (χ1) is 6.06. The topological polar surface area (TPSA) is 65.2 Å². The number of carbonyl (C=O) groups is 1. The Kier molecular flexibility index (Phi) is 2.67. The van der Waals surface area contributed by atoms with Crippen molar-refractivity contribution in [3.63, 3.8) is 0 Å². The number of rotatable bonds is 2. The molecule has 1 rings (SSSR count). The van der Waals surface area contributed by atoms with Gasteiger partial charge in [0.2, 0.25) is 5.88 Å². The number of hydrogen-bond donors (Lipinski definition) is 1. The summed E-state index contributed by atoms with van der Waals surface area (Å²) >= 11 is 5.35. The number of methoxy groups -OCH3 is 1. The van der Waals surface area contributed by atoms with Gasteiger partial charge in [-0.25, -0.2) is 4.39 Å². The smallest absolute Gasteiger partial charge is 0.254 e. The molecule has 6 heteroatoms. The van der Waals surface area contributed by atoms with Crippen molar-refractivity contribution in [1.82, 2.24) is 4.98 Å². The molecule has 0 aliphatic carbocycles. The van der Waals surface area contributed by atoms with Crippen LogP contribution in [0.15, 0.2) is 6.07 Å². The number of nitrogens with zero attached hydrogens (tertiary/aromatic N) is 1. The van der Waals surface area contributed by atoms with Crippen molar-refractivity contribution in [1.29, 1.82) is 0 Å². The van der Waals surface area contributed by atoms with Gasteiger partial charge >= 0.3 is 0 Å². The van der Waals surface area contributed by atoms with Crippen LogP contribution in [0.3, 0.4) is 0 Å². The van der Waals surface area contributed by atoms with Gasteiger partial charge in [-0.15, -0.1) is 0 Å². The Hall–Kier alpha value is -1.36. The van der Waals surface area contributed by atoms with E-state index >= 15 is 0 Å². The van der Waals surface area contributed by atoms with Gasteiger partial charge in [0.05, 0.1) is 7.11 Å². The molecule has 1 aromatic rings. The van der Waals surface area contributed by atoms with E-state index in [1.807, 2.05) is 0 Å². The molecule has 0 radical (unpaired) electrons. The standard InChI is InChI=1S/C7H6ClFN2O2/c1-13-7-3(6(10)12)2-4(9)5(8)11-7/h2H,1H3,(H2,10,12). The number of aromatic nitrogens is 1. The van der Waals surface area contributed by atoms with E-state index in [2.05, 4.69) is 9.72 Å². The lowest BCUT2D eigenvalue weighted by Crippen LogP contribution is -2.13. The fourth-order valence-corrected chi connectivity index (χ4v) is 0.914. The fraction of sp³-hybridized carbons (Fsp3) is 0.143. The minimum atomic E-state index is -0.820. The van der Waals surface area contributed by atoms with Crippen LogP contribution in [0.2, 0.25) is 5.15 Å². The zero-order valence-corrected chi connectivity index (χ0v) is 7.43. The summed E-state index contributed by atoms with van der Waals surface area (Å²) in [5, 5.41) is -0.359. The van der Waals surface area contributed by atoms with Crippen molar-refractivity contribution in [3.05, 3.63) is 22.6 Å². The summed E-state index contributed by atoms with van der Waals surface area (Å²) < 4.78 is 17.5. The van der Waals surface area contributed by atoms with Gasteiger partial charge in [0.25, 0.3) is 5.91 Å². The highest BCUT2D eigenvalue weighted by Crippen LogP contribution is 2.21. The predicted molar refractivity (Wildman–Crippen MR) is 44.3 cm³/mol. The molecule has 0 fully saturated rings. The van der Waals surface area contributed by atoms with Crippen molar-refractivity contribution >= 4 is 17.5 Å². The van der Waals surface area contributed by atoms with Crippen LogP contribution in [0.4, 0.5) is 4.39 Å². The maximum Gasteiger partial charge on any atom is 0.254 e. The van der Waals surface area contributed by atoms with Crippen LogP contribution in [0.1, 0.15) is 10.4 Å². The van der Waals surface area contributed by atoms with Gasteiger partial charge in [-0.3, -0.25) is 4.79 Å². The van der Waals surface area contributed by atoms with Gasteiger partial charge < -0.3 is 10.5 Å². The minimum absolute atomic E-state index is 0.0844. The summed E-state index contributed by atoms with van der Waals surface area (Å²) in [6.45, 7) is 0. The lowest BCUT2D eigenvalue weighted by Gasteiger charge is -2.04. The lowest BCUT2D eigenvalue weighted by molar-refractivity contribution is 0.0996. The zero-order valence-electron chi connectivity index (χ0n) is 6.67. The largest absolute Gasteiger partial charge is 0.480 e. The minimum Gasteiger partial charge on any atom is -0.480 e.